The number of rotatable bonds is 0. The van der Waals surface area contributed by atoms with E-state index in [0.717, 1.165) is 0 Å². The Bertz CT molecular complexity index is 394. The molecule has 0 saturated carbocycles. The number of hydrogen-bond acceptors (Lipinski definition) is 3. The van der Waals surface area contributed by atoms with E-state index in [9.17, 15) is 0 Å². The van der Waals surface area contributed by atoms with Crippen LogP contribution in [-0.4, -0.2) is 10.2 Å². The molecule has 0 radical (unpaired) electrons. The number of halogens is 1. The summed E-state index contributed by atoms with van der Waals surface area (Å²) < 4.78 is 4.80. The van der Waals surface area contributed by atoms with Crippen molar-refractivity contribution in [3.8, 4) is 11.7 Å². The van der Waals surface area contributed by atoms with Crippen LogP contribution in [0.4, 0.5) is 0 Å². The van der Waals surface area contributed by atoms with E-state index in [0.29, 0.717) is 11.0 Å². The van der Waals surface area contributed by atoms with Gasteiger partial charge in [0.2, 0.25) is 5.75 Å². The number of para-hydroxylation sites is 1. The molecule has 2 rings (SSSR count). The molecular weight excluding hydrogens is 180 g/mol. The third-order valence-corrected chi connectivity index (χ3v) is 1.55. The molecule has 0 atom stereocenters. The van der Waals surface area contributed by atoms with Crippen LogP contribution in [0.2, 0.25) is 0 Å². The lowest BCUT2D eigenvalue weighted by Gasteiger charge is -1.83. The second-order valence-corrected chi connectivity index (χ2v) is 2.25. The monoisotopic (exact) mass is 186 g/mol. The molecule has 0 unspecified atom stereocenters. The van der Waals surface area contributed by atoms with Gasteiger partial charge in [-0.2, -0.15) is 0 Å². The highest BCUT2D eigenvalue weighted by Crippen LogP contribution is 2.36. The van der Waals surface area contributed by atoms with Crippen molar-refractivity contribution in [2.24, 2.45) is 0 Å². The van der Waals surface area contributed by atoms with E-state index in [4.69, 9.17) is 14.6 Å². The molecular formula is C8H7ClO3. The number of aromatic hydroxyl groups is 2. The summed E-state index contributed by atoms with van der Waals surface area (Å²) >= 11 is 0. The Hall–Kier alpha value is -1.35. The van der Waals surface area contributed by atoms with Gasteiger partial charge in [-0.1, -0.05) is 12.1 Å². The van der Waals surface area contributed by atoms with Gasteiger partial charge in [0.1, 0.15) is 5.58 Å². The summed E-state index contributed by atoms with van der Waals surface area (Å²) in [5.41, 5.74) is 0.488. The number of benzene rings is 1. The summed E-state index contributed by atoms with van der Waals surface area (Å²) in [5, 5.41) is 18.6. The van der Waals surface area contributed by atoms with Crippen LogP contribution in [-0.2, 0) is 0 Å². The molecule has 4 heteroatoms. The molecule has 0 aliphatic rings. The van der Waals surface area contributed by atoms with Crippen molar-refractivity contribution in [3.63, 3.8) is 0 Å². The van der Waals surface area contributed by atoms with Crippen LogP contribution >= 0.6 is 12.4 Å². The van der Waals surface area contributed by atoms with Gasteiger partial charge in [0, 0.05) is 0 Å². The molecule has 2 aromatic rings. The summed E-state index contributed by atoms with van der Waals surface area (Å²) in [6.45, 7) is 0. The maximum absolute atomic E-state index is 9.15. The van der Waals surface area contributed by atoms with Crippen molar-refractivity contribution >= 4 is 23.4 Å². The molecule has 0 amide bonds. The first-order valence-electron chi connectivity index (χ1n) is 3.18. The van der Waals surface area contributed by atoms with Gasteiger partial charge in [0.25, 0.3) is 0 Å². The first-order chi connectivity index (χ1) is 5.29. The van der Waals surface area contributed by atoms with E-state index < -0.39 is 5.95 Å². The average molecular weight is 187 g/mol. The zero-order valence-electron chi connectivity index (χ0n) is 6.02. The topological polar surface area (TPSA) is 53.6 Å². The summed E-state index contributed by atoms with van der Waals surface area (Å²) in [7, 11) is 0. The van der Waals surface area contributed by atoms with Gasteiger partial charge in [-0.25, -0.2) is 0 Å². The van der Waals surface area contributed by atoms with Crippen molar-refractivity contribution in [2.45, 2.75) is 0 Å². The zero-order valence-corrected chi connectivity index (χ0v) is 6.84. The normalized spacial score (nSPS) is 9.67. The van der Waals surface area contributed by atoms with E-state index in [1.807, 2.05) is 0 Å². The summed E-state index contributed by atoms with van der Waals surface area (Å²) in [4.78, 5) is 0. The fourth-order valence-corrected chi connectivity index (χ4v) is 1.02. The maximum atomic E-state index is 9.15. The molecule has 12 heavy (non-hydrogen) atoms. The predicted molar refractivity (Wildman–Crippen MR) is 46.8 cm³/mol. The highest BCUT2D eigenvalue weighted by Gasteiger charge is 2.09. The van der Waals surface area contributed by atoms with Crippen LogP contribution in [0.3, 0.4) is 0 Å². The molecule has 0 saturated heterocycles. The summed E-state index contributed by atoms with van der Waals surface area (Å²) in [5.74, 6) is -0.619. The molecule has 0 aliphatic heterocycles. The summed E-state index contributed by atoms with van der Waals surface area (Å²) in [6.07, 6.45) is 0. The fourth-order valence-electron chi connectivity index (χ4n) is 1.02. The van der Waals surface area contributed by atoms with E-state index >= 15 is 0 Å². The highest BCUT2D eigenvalue weighted by atomic mass is 35.5. The molecule has 0 spiro atoms. The number of furan rings is 1. The van der Waals surface area contributed by atoms with Crippen molar-refractivity contribution < 1.29 is 14.6 Å². The van der Waals surface area contributed by atoms with Crippen LogP contribution in [0.15, 0.2) is 28.7 Å². The summed E-state index contributed by atoms with van der Waals surface area (Å²) in [6, 6.07) is 6.88. The van der Waals surface area contributed by atoms with Gasteiger partial charge in [0.05, 0.1) is 5.39 Å². The maximum Gasteiger partial charge on any atom is 0.327 e. The molecule has 3 nitrogen and oxygen atoms in total. The van der Waals surface area contributed by atoms with Gasteiger partial charge in [-0.15, -0.1) is 12.4 Å². The Morgan fingerprint density at radius 3 is 2.42 bits per heavy atom. The van der Waals surface area contributed by atoms with Gasteiger partial charge < -0.3 is 14.6 Å². The molecule has 64 valence electrons. The smallest absolute Gasteiger partial charge is 0.327 e. The molecule has 1 aromatic heterocycles. The van der Waals surface area contributed by atoms with Gasteiger partial charge in [-0.05, 0) is 12.1 Å². The van der Waals surface area contributed by atoms with Gasteiger partial charge in [-0.3, -0.25) is 0 Å². The minimum atomic E-state index is -0.425. The average Bonchev–Trinajstić information content (AvgIpc) is 2.30. The minimum Gasteiger partial charge on any atom is -0.501 e. The van der Waals surface area contributed by atoms with Crippen LogP contribution in [0.5, 0.6) is 11.7 Å². The standard InChI is InChI=1S/C8H6O3.ClH/c9-7-5-3-1-2-4-6(5)11-8(7)10;/h1-4,9-10H;1H. The van der Waals surface area contributed by atoms with E-state index in [-0.39, 0.29) is 18.2 Å². The minimum absolute atomic E-state index is 0. The van der Waals surface area contributed by atoms with Crippen molar-refractivity contribution in [1.29, 1.82) is 0 Å². The van der Waals surface area contributed by atoms with Crippen molar-refractivity contribution in [1.82, 2.24) is 0 Å². The lowest BCUT2D eigenvalue weighted by molar-refractivity contribution is 0.316. The first-order valence-corrected chi connectivity index (χ1v) is 3.18. The Morgan fingerprint density at radius 2 is 1.75 bits per heavy atom. The largest absolute Gasteiger partial charge is 0.501 e. The van der Waals surface area contributed by atoms with E-state index in [2.05, 4.69) is 0 Å². The van der Waals surface area contributed by atoms with Crippen LogP contribution in [0, 0.1) is 0 Å². The number of fused-ring (bicyclic) bond motifs is 1. The fraction of sp³-hybridized carbons (Fsp3) is 0. The quantitative estimate of drug-likeness (QED) is 0.664. The van der Waals surface area contributed by atoms with Crippen molar-refractivity contribution in [3.05, 3.63) is 24.3 Å². The molecule has 0 aliphatic carbocycles. The highest BCUT2D eigenvalue weighted by molar-refractivity contribution is 5.86. The molecule has 0 fully saturated rings. The lowest BCUT2D eigenvalue weighted by atomic mass is 10.2. The van der Waals surface area contributed by atoms with Gasteiger partial charge >= 0.3 is 5.95 Å². The lowest BCUT2D eigenvalue weighted by Crippen LogP contribution is -1.60. The third kappa shape index (κ3) is 1.08. The second kappa shape index (κ2) is 2.95. The molecule has 1 heterocycles. The Kier molecular flexibility index (Phi) is 2.15. The Morgan fingerprint density at radius 1 is 1.08 bits per heavy atom. The molecule has 1 aromatic carbocycles. The molecule has 2 N–H and O–H groups in total. The first kappa shape index (κ1) is 8.74. The van der Waals surface area contributed by atoms with Crippen molar-refractivity contribution in [2.75, 3.05) is 0 Å². The Labute approximate surface area is 74.6 Å². The molecule has 0 bridgehead atoms. The zero-order chi connectivity index (χ0) is 7.84. The second-order valence-electron chi connectivity index (χ2n) is 2.25. The third-order valence-electron chi connectivity index (χ3n) is 1.55. The van der Waals surface area contributed by atoms with Crippen LogP contribution < -0.4 is 0 Å². The van der Waals surface area contributed by atoms with E-state index in [1.54, 1.807) is 24.3 Å². The van der Waals surface area contributed by atoms with Gasteiger partial charge in [0.15, 0.2) is 0 Å². The Balaban J connectivity index is 0.000000720. The van der Waals surface area contributed by atoms with Crippen LogP contribution in [0.25, 0.3) is 11.0 Å². The predicted octanol–water partition coefficient (Wildman–Crippen LogP) is 2.27. The van der Waals surface area contributed by atoms with Crippen LogP contribution in [0.1, 0.15) is 0 Å². The number of hydrogen-bond donors (Lipinski definition) is 2. The SMILES string of the molecule is Cl.Oc1oc2ccccc2c1O. The van der Waals surface area contributed by atoms with E-state index in [1.165, 1.54) is 0 Å².